The second kappa shape index (κ2) is 6.99. The third kappa shape index (κ3) is 4.68. The molecule has 130 valence electrons. The summed E-state index contributed by atoms with van der Waals surface area (Å²) in [4.78, 5) is 11.3. The molecular formula is C13H14F5NO4. The van der Waals surface area contributed by atoms with Crippen LogP contribution in [-0.2, 0) is 9.53 Å². The zero-order valence-corrected chi connectivity index (χ0v) is 12.1. The minimum absolute atomic E-state index is 0.226. The van der Waals surface area contributed by atoms with Crippen LogP contribution in [0.1, 0.15) is 18.5 Å². The monoisotopic (exact) mass is 343 g/mol. The van der Waals surface area contributed by atoms with Crippen LogP contribution in [0.15, 0.2) is 18.2 Å². The summed E-state index contributed by atoms with van der Waals surface area (Å²) < 4.78 is 77.2. The van der Waals surface area contributed by atoms with Crippen molar-refractivity contribution < 1.29 is 41.0 Å². The van der Waals surface area contributed by atoms with Crippen LogP contribution in [0.3, 0.4) is 0 Å². The second-order valence-electron chi connectivity index (χ2n) is 4.27. The van der Waals surface area contributed by atoms with Gasteiger partial charge in [-0.2, -0.15) is 8.78 Å². The quantitative estimate of drug-likeness (QED) is 0.635. The van der Waals surface area contributed by atoms with Crippen molar-refractivity contribution in [2.45, 2.75) is 25.3 Å². The minimum atomic E-state index is -5.01. The number of carbonyl (C=O) groups is 1. The molecular weight excluding hydrogens is 329 g/mol. The molecule has 0 bridgehead atoms. The molecule has 0 saturated carbocycles. The van der Waals surface area contributed by atoms with Gasteiger partial charge in [-0.3, -0.25) is 0 Å². The molecule has 0 unspecified atom stereocenters. The van der Waals surface area contributed by atoms with E-state index < -0.39 is 35.6 Å². The number of alkyl halides is 5. The SMILES string of the molecule is CCOC(=O)C(F)(F)[C@H](N)c1cc(OC(F)(F)F)ccc1OC. The Labute approximate surface area is 128 Å². The Morgan fingerprint density at radius 3 is 2.35 bits per heavy atom. The fourth-order valence-electron chi connectivity index (χ4n) is 1.70. The zero-order chi connectivity index (χ0) is 17.8. The molecule has 5 nitrogen and oxygen atoms in total. The fourth-order valence-corrected chi connectivity index (χ4v) is 1.70. The molecule has 1 rings (SSSR count). The normalized spacial score (nSPS) is 13.4. The van der Waals surface area contributed by atoms with E-state index >= 15 is 0 Å². The summed E-state index contributed by atoms with van der Waals surface area (Å²) >= 11 is 0. The van der Waals surface area contributed by atoms with E-state index in [0.29, 0.717) is 6.07 Å². The van der Waals surface area contributed by atoms with Gasteiger partial charge in [-0.25, -0.2) is 4.79 Å². The van der Waals surface area contributed by atoms with Gasteiger partial charge in [-0.1, -0.05) is 0 Å². The van der Waals surface area contributed by atoms with Crippen molar-refractivity contribution in [3.8, 4) is 11.5 Å². The highest BCUT2D eigenvalue weighted by Crippen LogP contribution is 2.38. The molecule has 1 aromatic rings. The summed E-state index contributed by atoms with van der Waals surface area (Å²) in [7, 11) is 1.11. The summed E-state index contributed by atoms with van der Waals surface area (Å²) in [5.74, 6) is -7.06. The predicted molar refractivity (Wildman–Crippen MR) is 68.2 cm³/mol. The molecule has 23 heavy (non-hydrogen) atoms. The zero-order valence-electron chi connectivity index (χ0n) is 12.1. The highest BCUT2D eigenvalue weighted by atomic mass is 19.4. The lowest BCUT2D eigenvalue weighted by Crippen LogP contribution is -2.42. The summed E-state index contributed by atoms with van der Waals surface area (Å²) in [6.07, 6.45) is -5.01. The van der Waals surface area contributed by atoms with Crippen molar-refractivity contribution in [2.75, 3.05) is 13.7 Å². The first-order valence-electron chi connectivity index (χ1n) is 6.27. The van der Waals surface area contributed by atoms with E-state index in [1.165, 1.54) is 6.92 Å². The number of carbonyl (C=O) groups excluding carboxylic acids is 1. The lowest BCUT2D eigenvalue weighted by molar-refractivity contribution is -0.274. The van der Waals surface area contributed by atoms with Gasteiger partial charge in [-0.15, -0.1) is 13.2 Å². The van der Waals surface area contributed by atoms with Gasteiger partial charge >= 0.3 is 18.3 Å². The molecule has 0 amide bonds. The topological polar surface area (TPSA) is 70.8 Å². The highest BCUT2D eigenvalue weighted by Gasteiger charge is 2.49. The maximum absolute atomic E-state index is 14.0. The molecule has 1 aromatic carbocycles. The average Bonchev–Trinajstić information content (AvgIpc) is 2.44. The number of rotatable bonds is 6. The Kier molecular flexibility index (Phi) is 5.75. The number of methoxy groups -OCH3 is 1. The van der Waals surface area contributed by atoms with Crippen LogP contribution < -0.4 is 15.2 Å². The predicted octanol–water partition coefficient (Wildman–Crippen LogP) is 2.79. The van der Waals surface area contributed by atoms with E-state index in [0.717, 1.165) is 19.2 Å². The summed E-state index contributed by atoms with van der Waals surface area (Å²) in [5, 5.41) is 0. The number of ether oxygens (including phenoxy) is 3. The lowest BCUT2D eigenvalue weighted by atomic mass is 10.00. The van der Waals surface area contributed by atoms with Crippen molar-refractivity contribution in [3.05, 3.63) is 23.8 Å². The standard InChI is InChI=1S/C13H14F5NO4/c1-3-22-11(20)12(14,15)10(19)8-6-7(23-13(16,17)18)4-5-9(8)21-2/h4-6,10H,3,19H2,1-2H3/t10-/m1/s1. The maximum atomic E-state index is 14.0. The molecule has 2 N–H and O–H groups in total. The Hall–Kier alpha value is -2.10. The van der Waals surface area contributed by atoms with Gasteiger partial charge in [0.2, 0.25) is 0 Å². The van der Waals surface area contributed by atoms with Crippen LogP contribution in [-0.4, -0.2) is 32.0 Å². The number of hydrogen-bond acceptors (Lipinski definition) is 5. The summed E-state index contributed by atoms with van der Waals surface area (Å²) in [6, 6.07) is 0.181. The molecule has 0 spiro atoms. The van der Waals surface area contributed by atoms with Gasteiger partial charge < -0.3 is 19.9 Å². The fraction of sp³-hybridized carbons (Fsp3) is 0.462. The van der Waals surface area contributed by atoms with E-state index in [2.05, 4.69) is 9.47 Å². The Bertz CT molecular complexity index is 562. The Balaban J connectivity index is 3.22. The smallest absolute Gasteiger partial charge is 0.496 e. The van der Waals surface area contributed by atoms with Crippen molar-refractivity contribution >= 4 is 5.97 Å². The van der Waals surface area contributed by atoms with E-state index in [9.17, 15) is 26.7 Å². The average molecular weight is 343 g/mol. The van der Waals surface area contributed by atoms with Gasteiger partial charge in [0.1, 0.15) is 17.5 Å². The van der Waals surface area contributed by atoms with Gasteiger partial charge in [0.25, 0.3) is 0 Å². The molecule has 0 aliphatic rings. The molecule has 0 aliphatic carbocycles. The van der Waals surface area contributed by atoms with Crippen molar-refractivity contribution in [2.24, 2.45) is 5.73 Å². The van der Waals surface area contributed by atoms with Crippen molar-refractivity contribution in [1.29, 1.82) is 0 Å². The van der Waals surface area contributed by atoms with E-state index in [1.807, 2.05) is 0 Å². The highest BCUT2D eigenvalue weighted by molar-refractivity contribution is 5.79. The first-order valence-corrected chi connectivity index (χ1v) is 6.27. The molecule has 10 heteroatoms. The first kappa shape index (κ1) is 18.9. The van der Waals surface area contributed by atoms with E-state index in [4.69, 9.17) is 10.5 Å². The number of esters is 1. The number of nitrogens with two attached hydrogens (primary N) is 1. The van der Waals surface area contributed by atoms with Gasteiger partial charge in [-0.05, 0) is 25.1 Å². The van der Waals surface area contributed by atoms with Crippen LogP contribution in [0.5, 0.6) is 11.5 Å². The van der Waals surface area contributed by atoms with Crippen LogP contribution >= 0.6 is 0 Å². The number of halogens is 5. The second-order valence-corrected chi connectivity index (χ2v) is 4.27. The van der Waals surface area contributed by atoms with Crippen LogP contribution in [0.4, 0.5) is 22.0 Å². The molecule has 0 radical (unpaired) electrons. The van der Waals surface area contributed by atoms with Crippen LogP contribution in [0.25, 0.3) is 0 Å². The van der Waals surface area contributed by atoms with Crippen molar-refractivity contribution in [1.82, 2.24) is 0 Å². The van der Waals surface area contributed by atoms with Crippen molar-refractivity contribution in [3.63, 3.8) is 0 Å². The van der Waals surface area contributed by atoms with Crippen LogP contribution in [0.2, 0.25) is 0 Å². The maximum Gasteiger partial charge on any atom is 0.573 e. The van der Waals surface area contributed by atoms with Crippen LogP contribution in [0, 0.1) is 0 Å². The molecule has 1 atom stereocenters. The van der Waals surface area contributed by atoms with Gasteiger partial charge in [0, 0.05) is 5.56 Å². The van der Waals surface area contributed by atoms with Gasteiger partial charge in [0.05, 0.1) is 13.7 Å². The largest absolute Gasteiger partial charge is 0.573 e. The molecule has 0 saturated heterocycles. The number of benzene rings is 1. The molecule has 0 aliphatic heterocycles. The molecule has 0 heterocycles. The summed E-state index contributed by atoms with van der Waals surface area (Å²) in [5.41, 5.74) is 4.81. The number of hydrogen-bond donors (Lipinski definition) is 1. The Morgan fingerprint density at radius 2 is 1.87 bits per heavy atom. The lowest BCUT2D eigenvalue weighted by Gasteiger charge is -2.24. The Morgan fingerprint density at radius 1 is 1.26 bits per heavy atom. The molecule has 0 aromatic heterocycles. The third-order valence-corrected chi connectivity index (χ3v) is 2.71. The minimum Gasteiger partial charge on any atom is -0.496 e. The van der Waals surface area contributed by atoms with E-state index in [1.54, 1.807) is 0 Å². The first-order chi connectivity index (χ1) is 10.5. The third-order valence-electron chi connectivity index (χ3n) is 2.71. The molecule has 0 fully saturated rings. The van der Waals surface area contributed by atoms with Gasteiger partial charge in [0.15, 0.2) is 0 Å². The van der Waals surface area contributed by atoms with E-state index in [-0.39, 0.29) is 12.4 Å². The summed E-state index contributed by atoms with van der Waals surface area (Å²) in [6.45, 7) is 1.01.